The van der Waals surface area contributed by atoms with Gasteiger partial charge in [-0.1, -0.05) is 30.9 Å². The summed E-state index contributed by atoms with van der Waals surface area (Å²) in [6.45, 7) is 3.27. The van der Waals surface area contributed by atoms with Crippen LogP contribution in [0.25, 0.3) is 0 Å². The highest BCUT2D eigenvalue weighted by molar-refractivity contribution is 6.34. The number of hydrogen-bond acceptors (Lipinski definition) is 4. The minimum atomic E-state index is -0.873. The average Bonchev–Trinajstić information content (AvgIpc) is 2.87. The lowest BCUT2D eigenvalue weighted by molar-refractivity contribution is -0.134. The van der Waals surface area contributed by atoms with Crippen molar-refractivity contribution >= 4 is 41.0 Å². The molecular formula is C20H25ClN4O4. The summed E-state index contributed by atoms with van der Waals surface area (Å²) in [5, 5.41) is 8.38. The van der Waals surface area contributed by atoms with Crippen molar-refractivity contribution in [3.63, 3.8) is 0 Å². The molecule has 1 aromatic carbocycles. The van der Waals surface area contributed by atoms with Crippen LogP contribution in [0.1, 0.15) is 56.3 Å². The number of hydrogen-bond donors (Lipinski definition) is 3. The molecule has 156 valence electrons. The third-order valence-corrected chi connectivity index (χ3v) is 5.51. The van der Waals surface area contributed by atoms with Crippen molar-refractivity contribution < 1.29 is 19.2 Å². The van der Waals surface area contributed by atoms with Gasteiger partial charge in [-0.15, -0.1) is 0 Å². The van der Waals surface area contributed by atoms with Crippen molar-refractivity contribution in [2.24, 2.45) is 0 Å². The number of urea groups is 1. The van der Waals surface area contributed by atoms with E-state index >= 15 is 0 Å². The van der Waals surface area contributed by atoms with E-state index < -0.39 is 24.0 Å². The van der Waals surface area contributed by atoms with Crippen molar-refractivity contribution in [3.05, 3.63) is 28.8 Å². The summed E-state index contributed by atoms with van der Waals surface area (Å²) in [5.41, 5.74) is -0.288. The lowest BCUT2D eigenvalue weighted by Crippen LogP contribution is -2.48. The predicted molar refractivity (Wildman–Crippen MR) is 109 cm³/mol. The Kier molecular flexibility index (Phi) is 6.12. The first kappa shape index (κ1) is 21.1. The van der Waals surface area contributed by atoms with Crippen LogP contribution in [0.5, 0.6) is 0 Å². The molecule has 3 N–H and O–H groups in total. The molecule has 1 heterocycles. The minimum absolute atomic E-state index is 0.0389. The van der Waals surface area contributed by atoms with Crippen molar-refractivity contribution in [3.8, 4) is 0 Å². The van der Waals surface area contributed by atoms with E-state index in [-0.39, 0.29) is 28.6 Å². The van der Waals surface area contributed by atoms with E-state index in [1.807, 2.05) is 13.8 Å². The fourth-order valence-corrected chi connectivity index (χ4v) is 3.92. The molecule has 0 radical (unpaired) electrons. The molecule has 1 aromatic rings. The summed E-state index contributed by atoms with van der Waals surface area (Å²) >= 11 is 6.14. The van der Waals surface area contributed by atoms with Gasteiger partial charge in [0.25, 0.3) is 11.8 Å². The summed E-state index contributed by atoms with van der Waals surface area (Å²) in [7, 11) is 0. The molecule has 0 unspecified atom stereocenters. The molecule has 8 nitrogen and oxygen atoms in total. The third-order valence-electron chi connectivity index (χ3n) is 5.18. The van der Waals surface area contributed by atoms with Crippen LogP contribution >= 0.6 is 11.6 Å². The summed E-state index contributed by atoms with van der Waals surface area (Å²) < 4.78 is 0. The first-order chi connectivity index (χ1) is 13.7. The molecule has 2 aliphatic rings. The van der Waals surface area contributed by atoms with Crippen LogP contribution in [0.3, 0.4) is 0 Å². The smallest absolute Gasteiger partial charge is 0.325 e. The van der Waals surface area contributed by atoms with E-state index in [4.69, 9.17) is 11.6 Å². The molecular weight excluding hydrogens is 396 g/mol. The van der Waals surface area contributed by atoms with Gasteiger partial charge in [-0.25, -0.2) is 4.79 Å². The van der Waals surface area contributed by atoms with Crippen LogP contribution in [0.2, 0.25) is 5.02 Å². The number of rotatable bonds is 5. The zero-order valence-corrected chi connectivity index (χ0v) is 17.3. The van der Waals surface area contributed by atoms with E-state index in [0.717, 1.165) is 24.2 Å². The maximum atomic E-state index is 12.8. The van der Waals surface area contributed by atoms with E-state index in [1.54, 1.807) is 6.07 Å². The Hall–Kier alpha value is -2.61. The Morgan fingerprint density at radius 1 is 1.21 bits per heavy atom. The zero-order valence-electron chi connectivity index (χ0n) is 16.5. The lowest BCUT2D eigenvalue weighted by atomic mass is 9.82. The highest BCUT2D eigenvalue weighted by Crippen LogP contribution is 2.33. The maximum absolute atomic E-state index is 12.8. The standard InChI is InChI=1S/C20H25ClN4O4/c1-12(2)22-17(27)13-6-7-14(21)15(10-13)23-16(26)11-25-18(28)20(24-19(25)29)8-4-3-5-9-20/h6-7,10,12H,3-5,8-9,11H2,1-2H3,(H,22,27)(H,23,26)(H,24,29). The number of nitrogens with one attached hydrogen (secondary N) is 3. The molecule has 0 atom stereocenters. The topological polar surface area (TPSA) is 108 Å². The maximum Gasteiger partial charge on any atom is 0.325 e. The molecule has 1 saturated heterocycles. The highest BCUT2D eigenvalue weighted by atomic mass is 35.5. The molecule has 29 heavy (non-hydrogen) atoms. The summed E-state index contributed by atoms with van der Waals surface area (Å²) in [6, 6.07) is 3.94. The van der Waals surface area contributed by atoms with Gasteiger partial charge in [0.1, 0.15) is 12.1 Å². The molecule has 3 rings (SSSR count). The molecule has 2 fully saturated rings. The first-order valence-electron chi connectivity index (χ1n) is 9.76. The van der Waals surface area contributed by atoms with Crippen LogP contribution in [0.15, 0.2) is 18.2 Å². The Bertz CT molecular complexity index is 849. The zero-order chi connectivity index (χ0) is 21.2. The fourth-order valence-electron chi connectivity index (χ4n) is 3.76. The second-order valence-electron chi connectivity index (χ2n) is 7.84. The number of benzene rings is 1. The van der Waals surface area contributed by atoms with Crippen molar-refractivity contribution in [2.75, 3.05) is 11.9 Å². The Morgan fingerprint density at radius 2 is 1.90 bits per heavy atom. The van der Waals surface area contributed by atoms with E-state index in [9.17, 15) is 19.2 Å². The van der Waals surface area contributed by atoms with E-state index in [0.29, 0.717) is 18.4 Å². The summed E-state index contributed by atoms with van der Waals surface area (Å²) in [6.07, 6.45) is 3.95. The predicted octanol–water partition coefficient (Wildman–Crippen LogP) is 2.67. The number of imide groups is 1. The van der Waals surface area contributed by atoms with Crippen LogP contribution in [-0.4, -0.2) is 46.8 Å². The number of nitrogens with zero attached hydrogens (tertiary/aromatic N) is 1. The van der Waals surface area contributed by atoms with Gasteiger partial charge in [0.2, 0.25) is 5.91 Å². The van der Waals surface area contributed by atoms with Crippen molar-refractivity contribution in [1.29, 1.82) is 0 Å². The molecule has 9 heteroatoms. The van der Waals surface area contributed by atoms with E-state index in [1.165, 1.54) is 12.1 Å². The van der Waals surface area contributed by atoms with E-state index in [2.05, 4.69) is 16.0 Å². The second kappa shape index (κ2) is 8.41. The van der Waals surface area contributed by atoms with Gasteiger partial charge >= 0.3 is 6.03 Å². The first-order valence-corrected chi connectivity index (χ1v) is 10.1. The van der Waals surface area contributed by atoms with Crippen molar-refractivity contribution in [1.82, 2.24) is 15.5 Å². The number of carbonyl (C=O) groups is 4. The van der Waals surface area contributed by atoms with Gasteiger partial charge in [0.05, 0.1) is 10.7 Å². The average molecular weight is 421 g/mol. The normalized spacial score (nSPS) is 18.1. The fraction of sp³-hybridized carbons (Fsp3) is 0.500. The number of anilines is 1. The Morgan fingerprint density at radius 3 is 2.55 bits per heavy atom. The Balaban J connectivity index is 1.68. The third kappa shape index (κ3) is 4.53. The van der Waals surface area contributed by atoms with Crippen LogP contribution < -0.4 is 16.0 Å². The van der Waals surface area contributed by atoms with Crippen LogP contribution in [0.4, 0.5) is 10.5 Å². The van der Waals surface area contributed by atoms with Crippen LogP contribution in [0, 0.1) is 0 Å². The van der Waals surface area contributed by atoms with Crippen LogP contribution in [-0.2, 0) is 9.59 Å². The van der Waals surface area contributed by atoms with Gasteiger partial charge in [-0.05, 0) is 44.9 Å². The highest BCUT2D eigenvalue weighted by Gasteiger charge is 2.51. The molecule has 1 aliphatic carbocycles. The minimum Gasteiger partial charge on any atom is -0.350 e. The number of halogens is 1. The largest absolute Gasteiger partial charge is 0.350 e. The van der Waals surface area contributed by atoms with Gasteiger partial charge < -0.3 is 16.0 Å². The number of amides is 5. The number of carbonyl (C=O) groups excluding carboxylic acids is 4. The monoisotopic (exact) mass is 420 g/mol. The molecule has 0 bridgehead atoms. The molecule has 1 saturated carbocycles. The van der Waals surface area contributed by atoms with Gasteiger partial charge in [-0.3, -0.25) is 19.3 Å². The molecule has 1 spiro atoms. The molecule has 0 aromatic heterocycles. The summed E-state index contributed by atoms with van der Waals surface area (Å²) in [4.78, 5) is 50.7. The van der Waals surface area contributed by atoms with Crippen molar-refractivity contribution in [2.45, 2.75) is 57.5 Å². The Labute approximate surface area is 174 Å². The lowest BCUT2D eigenvalue weighted by Gasteiger charge is -2.30. The van der Waals surface area contributed by atoms with Gasteiger partial charge in [0.15, 0.2) is 0 Å². The quantitative estimate of drug-likeness (QED) is 0.636. The van der Waals surface area contributed by atoms with Gasteiger partial charge in [0, 0.05) is 11.6 Å². The molecule has 5 amide bonds. The molecule has 1 aliphatic heterocycles. The summed E-state index contributed by atoms with van der Waals surface area (Å²) in [5.74, 6) is -1.21. The van der Waals surface area contributed by atoms with Gasteiger partial charge in [-0.2, -0.15) is 0 Å². The SMILES string of the molecule is CC(C)NC(=O)c1ccc(Cl)c(NC(=O)CN2C(=O)NC3(CCCCC3)C2=O)c1. The second-order valence-corrected chi connectivity index (χ2v) is 8.24.